The van der Waals surface area contributed by atoms with E-state index < -0.39 is 5.97 Å². The van der Waals surface area contributed by atoms with Gasteiger partial charge >= 0.3 is 5.97 Å². The number of carbonyl (C=O) groups is 1. The molecule has 0 unspecified atom stereocenters. The van der Waals surface area contributed by atoms with Crippen molar-refractivity contribution < 1.29 is 9.90 Å². The normalized spacial score (nSPS) is 10.4. The summed E-state index contributed by atoms with van der Waals surface area (Å²) in [5.74, 6) is -0.940. The van der Waals surface area contributed by atoms with E-state index in [0.717, 1.165) is 23.6 Å². The molecule has 0 amide bonds. The van der Waals surface area contributed by atoms with Crippen molar-refractivity contribution in [2.75, 3.05) is 0 Å². The van der Waals surface area contributed by atoms with Crippen molar-refractivity contribution in [1.82, 2.24) is 15.0 Å². The van der Waals surface area contributed by atoms with Crippen LogP contribution in [0, 0.1) is 0 Å². The molecule has 2 aromatic rings. The number of pyridine rings is 1. The molecule has 98 valence electrons. The van der Waals surface area contributed by atoms with Gasteiger partial charge in [0.05, 0.1) is 5.56 Å². The lowest BCUT2D eigenvalue weighted by molar-refractivity contribution is 0.0696. The van der Waals surface area contributed by atoms with E-state index in [0.29, 0.717) is 5.03 Å². The van der Waals surface area contributed by atoms with Gasteiger partial charge in [0.25, 0.3) is 0 Å². The first kappa shape index (κ1) is 13.5. The first-order valence-corrected chi connectivity index (χ1v) is 6.69. The number of carboxylic acids is 1. The second kappa shape index (κ2) is 6.29. The SMILES string of the molecule is CCCc1cc(C(=O)O)cc(Sc2ccncn2)n1. The zero-order valence-electron chi connectivity index (χ0n) is 10.4. The summed E-state index contributed by atoms with van der Waals surface area (Å²) in [5, 5.41) is 10.5. The average Bonchev–Trinajstić information content (AvgIpc) is 2.40. The summed E-state index contributed by atoms with van der Waals surface area (Å²) in [5.41, 5.74) is 1.05. The predicted octanol–water partition coefficient (Wildman–Crippen LogP) is 2.67. The summed E-state index contributed by atoms with van der Waals surface area (Å²) in [6.45, 7) is 2.03. The zero-order chi connectivity index (χ0) is 13.7. The Bertz CT molecular complexity index is 575. The Kier molecular flexibility index (Phi) is 4.46. The monoisotopic (exact) mass is 275 g/mol. The van der Waals surface area contributed by atoms with Gasteiger partial charge in [-0.2, -0.15) is 0 Å². The number of aryl methyl sites for hydroxylation is 1. The van der Waals surface area contributed by atoms with E-state index in [1.54, 1.807) is 24.4 Å². The van der Waals surface area contributed by atoms with Gasteiger partial charge < -0.3 is 5.11 Å². The zero-order valence-corrected chi connectivity index (χ0v) is 11.2. The van der Waals surface area contributed by atoms with Gasteiger partial charge in [-0.05, 0) is 36.4 Å². The number of rotatable bonds is 5. The standard InChI is InChI=1S/C13H13N3O2S/c1-2-3-10-6-9(13(17)18)7-12(16-10)19-11-4-5-14-8-15-11/h4-8H,2-3H2,1H3,(H,17,18). The molecule has 0 aliphatic heterocycles. The summed E-state index contributed by atoms with van der Waals surface area (Å²) in [6.07, 6.45) is 4.78. The fraction of sp³-hybridized carbons (Fsp3) is 0.231. The van der Waals surface area contributed by atoms with Crippen LogP contribution in [-0.2, 0) is 6.42 Å². The Morgan fingerprint density at radius 3 is 2.84 bits per heavy atom. The number of hydrogen-bond donors (Lipinski definition) is 1. The average molecular weight is 275 g/mol. The molecule has 19 heavy (non-hydrogen) atoms. The molecule has 2 heterocycles. The van der Waals surface area contributed by atoms with Crippen molar-refractivity contribution >= 4 is 17.7 Å². The summed E-state index contributed by atoms with van der Waals surface area (Å²) < 4.78 is 0. The van der Waals surface area contributed by atoms with Crippen molar-refractivity contribution in [3.05, 3.63) is 42.0 Å². The Labute approximate surface area is 115 Å². The van der Waals surface area contributed by atoms with E-state index in [1.807, 2.05) is 6.92 Å². The summed E-state index contributed by atoms with van der Waals surface area (Å²) in [4.78, 5) is 23.5. The van der Waals surface area contributed by atoms with E-state index in [1.165, 1.54) is 18.1 Å². The fourth-order valence-electron chi connectivity index (χ4n) is 1.57. The van der Waals surface area contributed by atoms with Crippen molar-refractivity contribution in [3.8, 4) is 0 Å². The molecule has 0 spiro atoms. The summed E-state index contributed by atoms with van der Waals surface area (Å²) >= 11 is 1.33. The van der Waals surface area contributed by atoms with Gasteiger partial charge in [0.2, 0.25) is 0 Å². The second-order valence-electron chi connectivity index (χ2n) is 3.89. The molecule has 0 aliphatic carbocycles. The van der Waals surface area contributed by atoms with E-state index in [4.69, 9.17) is 5.11 Å². The van der Waals surface area contributed by atoms with Crippen molar-refractivity contribution in [3.63, 3.8) is 0 Å². The molecular formula is C13H13N3O2S. The largest absolute Gasteiger partial charge is 0.478 e. The minimum absolute atomic E-state index is 0.259. The van der Waals surface area contributed by atoms with Crippen LogP contribution in [0.3, 0.4) is 0 Å². The molecule has 0 fully saturated rings. The molecule has 0 bridgehead atoms. The van der Waals surface area contributed by atoms with Crippen LogP contribution in [0.5, 0.6) is 0 Å². The van der Waals surface area contributed by atoms with Crippen LogP contribution in [0.15, 0.2) is 40.8 Å². The highest BCUT2D eigenvalue weighted by Crippen LogP contribution is 2.25. The first-order chi connectivity index (χ1) is 9.19. The third-order valence-corrected chi connectivity index (χ3v) is 3.24. The van der Waals surface area contributed by atoms with Gasteiger partial charge in [0, 0.05) is 11.9 Å². The van der Waals surface area contributed by atoms with Gasteiger partial charge in [-0.25, -0.2) is 19.7 Å². The molecule has 0 radical (unpaired) electrons. The van der Waals surface area contributed by atoms with Gasteiger partial charge in [-0.3, -0.25) is 0 Å². The number of aromatic carboxylic acids is 1. The molecular weight excluding hydrogens is 262 g/mol. The van der Waals surface area contributed by atoms with Gasteiger partial charge in [-0.15, -0.1) is 0 Å². The lowest BCUT2D eigenvalue weighted by Crippen LogP contribution is -2.01. The highest BCUT2D eigenvalue weighted by molar-refractivity contribution is 7.99. The lowest BCUT2D eigenvalue weighted by Gasteiger charge is -2.05. The Hall–Kier alpha value is -1.95. The van der Waals surface area contributed by atoms with E-state index in [-0.39, 0.29) is 5.56 Å². The maximum Gasteiger partial charge on any atom is 0.335 e. The van der Waals surface area contributed by atoms with E-state index >= 15 is 0 Å². The first-order valence-electron chi connectivity index (χ1n) is 5.87. The van der Waals surface area contributed by atoms with Crippen LogP contribution < -0.4 is 0 Å². The highest BCUT2D eigenvalue weighted by Gasteiger charge is 2.09. The minimum Gasteiger partial charge on any atom is -0.478 e. The predicted molar refractivity (Wildman–Crippen MR) is 71.3 cm³/mol. The van der Waals surface area contributed by atoms with Crippen LogP contribution in [0.2, 0.25) is 0 Å². The number of nitrogens with zero attached hydrogens (tertiary/aromatic N) is 3. The molecule has 0 aliphatic rings. The molecule has 0 saturated carbocycles. The third-order valence-electron chi connectivity index (χ3n) is 2.37. The number of hydrogen-bond acceptors (Lipinski definition) is 5. The Morgan fingerprint density at radius 2 is 2.21 bits per heavy atom. The molecule has 1 N–H and O–H groups in total. The molecule has 0 atom stereocenters. The van der Waals surface area contributed by atoms with Crippen molar-refractivity contribution in [2.24, 2.45) is 0 Å². The molecule has 2 rings (SSSR count). The maximum absolute atomic E-state index is 11.1. The van der Waals surface area contributed by atoms with Crippen molar-refractivity contribution in [1.29, 1.82) is 0 Å². The topological polar surface area (TPSA) is 76.0 Å². The van der Waals surface area contributed by atoms with E-state index in [2.05, 4.69) is 15.0 Å². The van der Waals surface area contributed by atoms with Gasteiger partial charge in [0.15, 0.2) is 0 Å². The third kappa shape index (κ3) is 3.75. The smallest absolute Gasteiger partial charge is 0.335 e. The molecule has 0 aromatic carbocycles. The molecule has 0 saturated heterocycles. The highest BCUT2D eigenvalue weighted by atomic mass is 32.2. The van der Waals surface area contributed by atoms with Crippen molar-refractivity contribution in [2.45, 2.75) is 29.8 Å². The van der Waals surface area contributed by atoms with Crippen LogP contribution in [0.25, 0.3) is 0 Å². The molecule has 5 nitrogen and oxygen atoms in total. The van der Waals surface area contributed by atoms with Crippen LogP contribution >= 0.6 is 11.8 Å². The Morgan fingerprint density at radius 1 is 1.37 bits per heavy atom. The quantitative estimate of drug-likeness (QED) is 0.845. The van der Waals surface area contributed by atoms with Gasteiger partial charge in [0.1, 0.15) is 16.4 Å². The van der Waals surface area contributed by atoms with Crippen LogP contribution in [-0.4, -0.2) is 26.0 Å². The van der Waals surface area contributed by atoms with Crippen LogP contribution in [0.1, 0.15) is 29.4 Å². The molecule has 2 aromatic heterocycles. The summed E-state index contributed by atoms with van der Waals surface area (Å²) in [7, 11) is 0. The van der Waals surface area contributed by atoms with Gasteiger partial charge in [-0.1, -0.05) is 13.3 Å². The fourth-order valence-corrected chi connectivity index (χ4v) is 2.36. The maximum atomic E-state index is 11.1. The number of aromatic nitrogens is 3. The lowest BCUT2D eigenvalue weighted by atomic mass is 10.2. The Balaban J connectivity index is 2.31. The number of carboxylic acid groups (broad SMARTS) is 1. The second-order valence-corrected chi connectivity index (χ2v) is 4.93. The molecule has 6 heteroatoms. The summed E-state index contributed by atoms with van der Waals surface area (Å²) in [6, 6.07) is 4.95. The van der Waals surface area contributed by atoms with Crippen LogP contribution in [0.4, 0.5) is 0 Å². The minimum atomic E-state index is -0.940. The van der Waals surface area contributed by atoms with E-state index in [9.17, 15) is 4.79 Å².